The van der Waals surface area contributed by atoms with Crippen molar-refractivity contribution < 1.29 is 14.8 Å². The summed E-state index contributed by atoms with van der Waals surface area (Å²) in [6.07, 6.45) is 2.90. The Balaban J connectivity index is 2.83. The molecule has 0 aromatic heterocycles. The van der Waals surface area contributed by atoms with Crippen molar-refractivity contribution >= 4 is 0 Å². The average molecular weight is 250 g/mol. The summed E-state index contributed by atoms with van der Waals surface area (Å²) in [4.78, 5) is 0. The maximum atomic E-state index is 5.71. The fourth-order valence-electron chi connectivity index (χ4n) is 1.68. The second kappa shape index (κ2) is 7.77. The van der Waals surface area contributed by atoms with Crippen LogP contribution >= 0.6 is 0 Å². The normalized spacial score (nSPS) is 11.9. The minimum absolute atomic E-state index is 0.497. The van der Waals surface area contributed by atoms with Crippen molar-refractivity contribution in [2.75, 3.05) is 13.7 Å². The number of ether oxygens (including phenoxy) is 2. The quantitative estimate of drug-likeness (QED) is 0.717. The van der Waals surface area contributed by atoms with Crippen LogP contribution in [0.25, 0.3) is 0 Å². The van der Waals surface area contributed by atoms with E-state index in [2.05, 4.69) is 31.8 Å². The van der Waals surface area contributed by atoms with Crippen LogP contribution in [0.1, 0.15) is 25.8 Å². The first-order chi connectivity index (χ1) is 8.72. The first kappa shape index (κ1) is 14.6. The standard InChI is InChI=1S/C15H23NO2/c1-5-10-18-15-13(11-16-12(3)6-2)8-7-9-14(15)17-4/h5,7-9,12,16H,1,6,10-11H2,2-4H3/p+1/t12-/m1/s1. The van der Waals surface area contributed by atoms with Gasteiger partial charge in [-0.3, -0.25) is 0 Å². The molecule has 1 atom stereocenters. The highest BCUT2D eigenvalue weighted by atomic mass is 16.5. The van der Waals surface area contributed by atoms with E-state index in [1.165, 1.54) is 0 Å². The van der Waals surface area contributed by atoms with Crippen LogP contribution in [0.3, 0.4) is 0 Å². The molecule has 1 rings (SSSR count). The molecule has 1 aromatic carbocycles. The molecule has 2 N–H and O–H groups in total. The molecule has 0 aliphatic rings. The summed E-state index contributed by atoms with van der Waals surface area (Å²) >= 11 is 0. The number of benzene rings is 1. The van der Waals surface area contributed by atoms with E-state index in [1.54, 1.807) is 13.2 Å². The van der Waals surface area contributed by atoms with E-state index < -0.39 is 0 Å². The number of para-hydroxylation sites is 1. The Morgan fingerprint density at radius 1 is 1.44 bits per heavy atom. The van der Waals surface area contributed by atoms with Gasteiger partial charge in [-0.1, -0.05) is 25.6 Å². The van der Waals surface area contributed by atoms with Crippen LogP contribution < -0.4 is 14.8 Å². The molecule has 0 heterocycles. The summed E-state index contributed by atoms with van der Waals surface area (Å²) in [6.45, 7) is 9.50. The topological polar surface area (TPSA) is 35.1 Å². The summed E-state index contributed by atoms with van der Waals surface area (Å²) in [5.74, 6) is 1.62. The Hall–Kier alpha value is -1.48. The first-order valence-corrected chi connectivity index (χ1v) is 6.45. The Morgan fingerprint density at radius 2 is 2.22 bits per heavy atom. The molecule has 0 aliphatic heterocycles. The van der Waals surface area contributed by atoms with Crippen molar-refractivity contribution in [3.63, 3.8) is 0 Å². The molecule has 3 nitrogen and oxygen atoms in total. The fraction of sp³-hybridized carbons (Fsp3) is 0.467. The predicted octanol–water partition coefficient (Wildman–Crippen LogP) is 2.12. The largest absolute Gasteiger partial charge is 0.493 e. The van der Waals surface area contributed by atoms with Gasteiger partial charge >= 0.3 is 0 Å². The monoisotopic (exact) mass is 250 g/mol. The van der Waals surface area contributed by atoms with Gasteiger partial charge in [-0.15, -0.1) is 0 Å². The number of methoxy groups -OCH3 is 1. The number of hydrogen-bond donors (Lipinski definition) is 1. The van der Waals surface area contributed by atoms with Gasteiger partial charge in [0.1, 0.15) is 13.2 Å². The molecule has 0 aliphatic carbocycles. The molecule has 100 valence electrons. The second-order valence-electron chi connectivity index (χ2n) is 4.37. The van der Waals surface area contributed by atoms with Crippen molar-refractivity contribution in [1.82, 2.24) is 0 Å². The third-order valence-electron chi connectivity index (χ3n) is 3.01. The minimum atomic E-state index is 0.497. The van der Waals surface area contributed by atoms with Gasteiger partial charge in [-0.2, -0.15) is 0 Å². The maximum Gasteiger partial charge on any atom is 0.170 e. The third-order valence-corrected chi connectivity index (χ3v) is 3.01. The van der Waals surface area contributed by atoms with Crippen molar-refractivity contribution in [2.24, 2.45) is 0 Å². The number of nitrogens with two attached hydrogens (primary N) is 1. The molecule has 0 fully saturated rings. The van der Waals surface area contributed by atoms with Crippen molar-refractivity contribution in [3.05, 3.63) is 36.4 Å². The highest BCUT2D eigenvalue weighted by Gasteiger charge is 2.12. The van der Waals surface area contributed by atoms with Gasteiger partial charge in [0.15, 0.2) is 11.5 Å². The predicted molar refractivity (Wildman–Crippen MR) is 74.1 cm³/mol. The Bertz CT molecular complexity index is 377. The van der Waals surface area contributed by atoms with Crippen LogP contribution in [-0.4, -0.2) is 19.8 Å². The van der Waals surface area contributed by atoms with Crippen LogP contribution in [0.4, 0.5) is 0 Å². The highest BCUT2D eigenvalue weighted by Crippen LogP contribution is 2.30. The van der Waals surface area contributed by atoms with Crippen molar-refractivity contribution in [1.29, 1.82) is 0 Å². The van der Waals surface area contributed by atoms with Crippen LogP contribution in [0.15, 0.2) is 30.9 Å². The molecule has 0 saturated heterocycles. The van der Waals surface area contributed by atoms with E-state index in [0.717, 1.165) is 30.0 Å². The lowest BCUT2D eigenvalue weighted by molar-refractivity contribution is -0.701. The molecule has 0 bridgehead atoms. The van der Waals surface area contributed by atoms with Gasteiger partial charge in [0, 0.05) is 0 Å². The van der Waals surface area contributed by atoms with Gasteiger partial charge in [-0.25, -0.2) is 0 Å². The van der Waals surface area contributed by atoms with E-state index in [-0.39, 0.29) is 0 Å². The third kappa shape index (κ3) is 4.08. The van der Waals surface area contributed by atoms with E-state index >= 15 is 0 Å². The Kier molecular flexibility index (Phi) is 6.29. The van der Waals surface area contributed by atoms with E-state index in [4.69, 9.17) is 9.47 Å². The van der Waals surface area contributed by atoms with Crippen LogP contribution in [-0.2, 0) is 6.54 Å². The summed E-state index contributed by atoms with van der Waals surface area (Å²) in [5, 5.41) is 2.32. The molecule has 0 radical (unpaired) electrons. The number of hydrogen-bond acceptors (Lipinski definition) is 2. The van der Waals surface area contributed by atoms with Gasteiger partial charge in [0.05, 0.1) is 18.7 Å². The highest BCUT2D eigenvalue weighted by molar-refractivity contribution is 5.46. The summed E-state index contributed by atoms with van der Waals surface area (Å²) < 4.78 is 11.1. The number of quaternary nitrogens is 1. The zero-order valence-corrected chi connectivity index (χ0v) is 11.6. The average Bonchev–Trinajstić information content (AvgIpc) is 2.42. The van der Waals surface area contributed by atoms with E-state index in [1.807, 2.05) is 12.1 Å². The molecule has 0 saturated carbocycles. The zero-order chi connectivity index (χ0) is 13.4. The molecule has 1 aromatic rings. The fourth-order valence-corrected chi connectivity index (χ4v) is 1.68. The van der Waals surface area contributed by atoms with Gasteiger partial charge < -0.3 is 14.8 Å². The summed E-state index contributed by atoms with van der Waals surface area (Å²) in [6, 6.07) is 6.62. The van der Waals surface area contributed by atoms with Gasteiger partial charge in [-0.05, 0) is 25.5 Å². The number of rotatable bonds is 8. The van der Waals surface area contributed by atoms with Crippen LogP contribution in [0.5, 0.6) is 11.5 Å². The summed E-state index contributed by atoms with van der Waals surface area (Å²) in [5.41, 5.74) is 1.16. The van der Waals surface area contributed by atoms with Crippen LogP contribution in [0, 0.1) is 0 Å². The van der Waals surface area contributed by atoms with Crippen molar-refractivity contribution in [3.8, 4) is 11.5 Å². The molecule has 0 unspecified atom stereocenters. The van der Waals surface area contributed by atoms with Crippen molar-refractivity contribution in [2.45, 2.75) is 32.9 Å². The Labute approximate surface area is 110 Å². The van der Waals surface area contributed by atoms with E-state index in [9.17, 15) is 0 Å². The van der Waals surface area contributed by atoms with Gasteiger partial charge in [0.2, 0.25) is 0 Å². The molecular weight excluding hydrogens is 226 g/mol. The molecule has 0 amide bonds. The minimum Gasteiger partial charge on any atom is -0.493 e. The molecule has 18 heavy (non-hydrogen) atoms. The maximum absolute atomic E-state index is 5.71. The molecular formula is C15H24NO2+. The lowest BCUT2D eigenvalue weighted by atomic mass is 10.1. The van der Waals surface area contributed by atoms with Crippen LogP contribution in [0.2, 0.25) is 0 Å². The second-order valence-corrected chi connectivity index (χ2v) is 4.37. The SMILES string of the molecule is C=CCOc1c(C[NH2+][C@H](C)CC)cccc1OC. The summed E-state index contributed by atoms with van der Waals surface area (Å²) in [7, 11) is 1.66. The zero-order valence-electron chi connectivity index (χ0n) is 11.6. The lowest BCUT2D eigenvalue weighted by Gasteiger charge is -2.14. The van der Waals surface area contributed by atoms with E-state index in [0.29, 0.717) is 12.6 Å². The smallest absolute Gasteiger partial charge is 0.170 e. The first-order valence-electron chi connectivity index (χ1n) is 6.45. The lowest BCUT2D eigenvalue weighted by Crippen LogP contribution is -2.87. The Morgan fingerprint density at radius 3 is 2.83 bits per heavy atom. The molecule has 3 heteroatoms. The molecule has 0 spiro atoms. The van der Waals surface area contributed by atoms with Gasteiger partial charge in [0.25, 0.3) is 0 Å².